The Morgan fingerprint density at radius 2 is 1.45 bits per heavy atom. The molecule has 1 aliphatic heterocycles. The molecule has 1 heterocycles. The summed E-state index contributed by atoms with van der Waals surface area (Å²) in [5.41, 5.74) is 9.20. The number of benzene rings is 2. The summed E-state index contributed by atoms with van der Waals surface area (Å²) in [5.74, 6) is -0.634. The van der Waals surface area contributed by atoms with Crippen molar-refractivity contribution in [3.05, 3.63) is 71.8 Å². The molecule has 0 saturated carbocycles. The fourth-order valence-corrected chi connectivity index (χ4v) is 4.10. The molecule has 0 radical (unpaired) electrons. The maximum Gasteiger partial charge on any atom is 0.163 e. The Hall–Kier alpha value is -1.72. The molecule has 3 rings (SSSR count). The van der Waals surface area contributed by atoms with Crippen LogP contribution in [0.3, 0.4) is 0 Å². The Labute approximate surface area is 175 Å². The van der Waals surface area contributed by atoms with E-state index >= 15 is 0 Å². The summed E-state index contributed by atoms with van der Waals surface area (Å²) in [4.78, 5) is 0. The standard InChI is InChI=1S/C25H36N2O2/c1-4-5-16-27-22(18-20-14-10-7-11-15-20)24-23(28-25(2,3)29-24)21(26)17-19-12-8-6-9-13-19/h6-15,21-24,27H,4-5,16-18,26H2,1-3H3. The highest BCUT2D eigenvalue weighted by Crippen LogP contribution is 2.33. The lowest BCUT2D eigenvalue weighted by atomic mass is 9.91. The number of unbranched alkanes of at least 4 members (excludes halogenated alkanes) is 1. The second-order valence-electron chi connectivity index (χ2n) is 8.52. The average molecular weight is 397 g/mol. The zero-order valence-electron chi connectivity index (χ0n) is 18.0. The first-order valence-corrected chi connectivity index (χ1v) is 10.9. The van der Waals surface area contributed by atoms with Gasteiger partial charge in [-0.15, -0.1) is 0 Å². The van der Waals surface area contributed by atoms with Gasteiger partial charge in [-0.2, -0.15) is 0 Å². The second kappa shape index (κ2) is 10.4. The molecule has 158 valence electrons. The van der Waals surface area contributed by atoms with E-state index < -0.39 is 5.79 Å². The molecule has 0 amide bonds. The third-order valence-corrected chi connectivity index (χ3v) is 5.53. The summed E-state index contributed by atoms with van der Waals surface area (Å²) < 4.78 is 12.8. The van der Waals surface area contributed by atoms with E-state index in [0.717, 1.165) is 32.2 Å². The van der Waals surface area contributed by atoms with Gasteiger partial charge in [0, 0.05) is 12.1 Å². The molecule has 29 heavy (non-hydrogen) atoms. The van der Waals surface area contributed by atoms with Gasteiger partial charge in [0.1, 0.15) is 12.2 Å². The molecule has 0 aliphatic carbocycles. The molecule has 4 unspecified atom stereocenters. The van der Waals surface area contributed by atoms with E-state index in [2.05, 4.69) is 66.8 Å². The number of hydrogen-bond acceptors (Lipinski definition) is 4. The summed E-state index contributed by atoms with van der Waals surface area (Å²) in [6, 6.07) is 21.0. The van der Waals surface area contributed by atoms with E-state index in [0.29, 0.717) is 0 Å². The van der Waals surface area contributed by atoms with Crippen LogP contribution < -0.4 is 11.1 Å². The Balaban J connectivity index is 1.78. The van der Waals surface area contributed by atoms with E-state index in [9.17, 15) is 0 Å². The number of ether oxygens (including phenoxy) is 2. The van der Waals surface area contributed by atoms with Crippen LogP contribution in [0.1, 0.15) is 44.7 Å². The molecule has 4 heteroatoms. The van der Waals surface area contributed by atoms with Crippen LogP contribution in [0.25, 0.3) is 0 Å². The fourth-order valence-electron chi connectivity index (χ4n) is 4.10. The molecular weight excluding hydrogens is 360 g/mol. The predicted octanol–water partition coefficient (Wildman–Crippen LogP) is 4.08. The Morgan fingerprint density at radius 3 is 2.03 bits per heavy atom. The molecule has 0 bridgehead atoms. The molecule has 1 aliphatic rings. The minimum atomic E-state index is -0.634. The van der Waals surface area contributed by atoms with E-state index in [1.807, 2.05) is 19.9 Å². The molecular formula is C25H36N2O2. The number of nitrogens with two attached hydrogens (primary N) is 1. The smallest absolute Gasteiger partial charge is 0.163 e. The lowest BCUT2D eigenvalue weighted by Gasteiger charge is -2.30. The van der Waals surface area contributed by atoms with Crippen molar-refractivity contribution in [3.63, 3.8) is 0 Å². The van der Waals surface area contributed by atoms with Crippen molar-refractivity contribution in [2.24, 2.45) is 5.73 Å². The average Bonchev–Trinajstić information content (AvgIpc) is 3.04. The lowest BCUT2D eigenvalue weighted by molar-refractivity contribution is -0.149. The summed E-state index contributed by atoms with van der Waals surface area (Å²) in [6.07, 6.45) is 3.71. The van der Waals surface area contributed by atoms with Crippen molar-refractivity contribution >= 4 is 0 Å². The third kappa shape index (κ3) is 6.38. The predicted molar refractivity (Wildman–Crippen MR) is 119 cm³/mol. The molecule has 3 N–H and O–H groups in total. The maximum absolute atomic E-state index is 6.68. The summed E-state index contributed by atoms with van der Waals surface area (Å²) >= 11 is 0. The molecule has 4 atom stereocenters. The van der Waals surface area contributed by atoms with Crippen molar-refractivity contribution in [1.29, 1.82) is 0 Å². The minimum absolute atomic E-state index is 0.0965. The van der Waals surface area contributed by atoms with Crippen LogP contribution in [0.15, 0.2) is 60.7 Å². The molecule has 1 saturated heterocycles. The number of hydrogen-bond donors (Lipinski definition) is 2. The Kier molecular flexibility index (Phi) is 7.84. The third-order valence-electron chi connectivity index (χ3n) is 5.53. The Morgan fingerprint density at radius 1 is 0.897 bits per heavy atom. The lowest BCUT2D eigenvalue weighted by Crippen LogP contribution is -2.52. The number of nitrogens with one attached hydrogen (secondary N) is 1. The first kappa shape index (κ1) is 22.0. The largest absolute Gasteiger partial charge is 0.343 e. The Bertz CT molecular complexity index is 720. The van der Waals surface area contributed by atoms with Gasteiger partial charge in [0.15, 0.2) is 5.79 Å². The van der Waals surface area contributed by atoms with Crippen molar-refractivity contribution < 1.29 is 9.47 Å². The molecule has 2 aromatic rings. The molecule has 0 aromatic heterocycles. The zero-order chi connectivity index (χ0) is 20.7. The van der Waals surface area contributed by atoms with Crippen LogP contribution in [0.5, 0.6) is 0 Å². The van der Waals surface area contributed by atoms with E-state index in [1.54, 1.807) is 0 Å². The van der Waals surface area contributed by atoms with Crippen LogP contribution in [0, 0.1) is 0 Å². The fraction of sp³-hybridized carbons (Fsp3) is 0.520. The second-order valence-corrected chi connectivity index (χ2v) is 8.52. The highest BCUT2D eigenvalue weighted by Gasteiger charge is 2.47. The minimum Gasteiger partial charge on any atom is -0.343 e. The van der Waals surface area contributed by atoms with E-state index in [-0.39, 0.29) is 24.3 Å². The first-order chi connectivity index (χ1) is 14.0. The molecule has 2 aromatic carbocycles. The van der Waals surface area contributed by atoms with Gasteiger partial charge < -0.3 is 20.5 Å². The maximum atomic E-state index is 6.68. The molecule has 0 spiro atoms. The van der Waals surface area contributed by atoms with Gasteiger partial charge in [-0.3, -0.25) is 0 Å². The van der Waals surface area contributed by atoms with Crippen LogP contribution in [0.2, 0.25) is 0 Å². The SMILES string of the molecule is CCCCNC(Cc1ccccc1)C1OC(C)(C)OC1C(N)Cc1ccccc1. The van der Waals surface area contributed by atoms with Gasteiger partial charge in [0.2, 0.25) is 0 Å². The van der Waals surface area contributed by atoms with Crippen LogP contribution in [0.4, 0.5) is 0 Å². The first-order valence-electron chi connectivity index (χ1n) is 10.9. The van der Waals surface area contributed by atoms with Crippen LogP contribution in [-0.4, -0.2) is 36.6 Å². The van der Waals surface area contributed by atoms with Crippen molar-refractivity contribution in [1.82, 2.24) is 5.32 Å². The van der Waals surface area contributed by atoms with E-state index in [4.69, 9.17) is 15.2 Å². The molecule has 4 nitrogen and oxygen atoms in total. The van der Waals surface area contributed by atoms with Gasteiger partial charge in [0.05, 0.1) is 0 Å². The van der Waals surface area contributed by atoms with Gasteiger partial charge in [-0.25, -0.2) is 0 Å². The monoisotopic (exact) mass is 396 g/mol. The van der Waals surface area contributed by atoms with Crippen molar-refractivity contribution in [2.75, 3.05) is 6.54 Å². The van der Waals surface area contributed by atoms with Crippen molar-refractivity contribution in [2.45, 2.75) is 76.5 Å². The highest BCUT2D eigenvalue weighted by molar-refractivity contribution is 5.19. The summed E-state index contributed by atoms with van der Waals surface area (Å²) in [5, 5.41) is 3.74. The van der Waals surface area contributed by atoms with Crippen LogP contribution >= 0.6 is 0 Å². The number of rotatable bonds is 10. The summed E-state index contributed by atoms with van der Waals surface area (Å²) in [6.45, 7) is 7.15. The van der Waals surface area contributed by atoms with Gasteiger partial charge >= 0.3 is 0 Å². The highest BCUT2D eigenvalue weighted by atomic mass is 16.8. The van der Waals surface area contributed by atoms with Gasteiger partial charge in [0.25, 0.3) is 0 Å². The zero-order valence-corrected chi connectivity index (χ0v) is 18.0. The topological polar surface area (TPSA) is 56.5 Å². The molecule has 1 fully saturated rings. The van der Waals surface area contributed by atoms with Gasteiger partial charge in [-0.05, 0) is 50.8 Å². The van der Waals surface area contributed by atoms with Gasteiger partial charge in [-0.1, -0.05) is 74.0 Å². The van der Waals surface area contributed by atoms with E-state index in [1.165, 1.54) is 11.1 Å². The van der Waals surface area contributed by atoms with Crippen LogP contribution in [-0.2, 0) is 22.3 Å². The normalized spacial score (nSPS) is 23.0. The quantitative estimate of drug-likeness (QED) is 0.594. The summed E-state index contributed by atoms with van der Waals surface area (Å²) in [7, 11) is 0. The van der Waals surface area contributed by atoms with Crippen molar-refractivity contribution in [3.8, 4) is 0 Å².